The third kappa shape index (κ3) is 2.42. The molecule has 1 aromatic heterocycles. The quantitative estimate of drug-likeness (QED) is 0.293. The van der Waals surface area contributed by atoms with Gasteiger partial charge in [0.2, 0.25) is 5.91 Å². The Labute approximate surface area is 109 Å². The molecule has 7 N–H and O–H groups in total. The van der Waals surface area contributed by atoms with E-state index >= 15 is 0 Å². The molecule has 0 fully saturated rings. The Bertz CT molecular complexity index is 647. The van der Waals surface area contributed by atoms with Crippen LogP contribution in [0.2, 0.25) is 0 Å². The number of aryl methyl sites for hydroxylation is 1. The van der Waals surface area contributed by atoms with Crippen LogP contribution in [-0.4, -0.2) is 16.8 Å². The van der Waals surface area contributed by atoms with Crippen molar-refractivity contribution >= 4 is 22.7 Å². The highest BCUT2D eigenvalue weighted by Crippen LogP contribution is 2.23. The number of H-pyrrole nitrogens is 1. The predicted octanol–water partition coefficient (Wildman–Crippen LogP) is -0.388. The number of aromatic amines is 1. The lowest BCUT2D eigenvalue weighted by Crippen LogP contribution is -2.31. The zero-order valence-corrected chi connectivity index (χ0v) is 10.4. The van der Waals surface area contributed by atoms with E-state index in [0.717, 1.165) is 22.2 Å². The van der Waals surface area contributed by atoms with Gasteiger partial charge in [-0.25, -0.2) is 11.7 Å². The fourth-order valence-corrected chi connectivity index (χ4v) is 2.05. The summed E-state index contributed by atoms with van der Waals surface area (Å²) < 4.78 is 0. The van der Waals surface area contributed by atoms with Crippen LogP contribution in [0.4, 0.5) is 0 Å². The Kier molecular flexibility index (Phi) is 3.50. The number of aromatic nitrogens is 1. The van der Waals surface area contributed by atoms with Crippen LogP contribution in [-0.2, 0) is 11.2 Å². The van der Waals surface area contributed by atoms with E-state index in [1.807, 2.05) is 6.92 Å². The van der Waals surface area contributed by atoms with E-state index in [1.165, 1.54) is 0 Å². The fraction of sp³-hybridized carbons (Fsp3) is 0.167. The lowest BCUT2D eigenvalue weighted by atomic mass is 10.0. The second kappa shape index (κ2) is 5.09. The molecule has 0 saturated heterocycles. The van der Waals surface area contributed by atoms with Gasteiger partial charge in [0.15, 0.2) is 0 Å². The molecule has 7 nitrogen and oxygen atoms in total. The topological polar surface area (TPSA) is 126 Å². The molecule has 0 atom stereocenters. The second-order valence-electron chi connectivity index (χ2n) is 4.21. The minimum Gasteiger partial charge on any atom is -0.358 e. The number of amides is 2. The summed E-state index contributed by atoms with van der Waals surface area (Å²) in [5.41, 5.74) is 7.13. The van der Waals surface area contributed by atoms with Gasteiger partial charge < -0.3 is 4.98 Å². The smallest absolute Gasteiger partial charge is 0.265 e. The highest BCUT2D eigenvalue weighted by Gasteiger charge is 2.14. The maximum atomic E-state index is 11.5. The highest BCUT2D eigenvalue weighted by atomic mass is 16.2. The third-order valence-corrected chi connectivity index (χ3v) is 3.01. The molecule has 19 heavy (non-hydrogen) atoms. The van der Waals surface area contributed by atoms with E-state index in [0.29, 0.717) is 5.56 Å². The molecule has 2 rings (SSSR count). The van der Waals surface area contributed by atoms with Crippen molar-refractivity contribution in [3.63, 3.8) is 0 Å². The van der Waals surface area contributed by atoms with Crippen LogP contribution in [0.25, 0.3) is 10.9 Å². The minimum atomic E-state index is -0.380. The number of fused-ring (bicyclic) bond motifs is 1. The van der Waals surface area contributed by atoms with Gasteiger partial charge in [-0.2, -0.15) is 0 Å². The summed E-state index contributed by atoms with van der Waals surface area (Å²) in [5.74, 6) is 9.52. The van der Waals surface area contributed by atoms with Crippen molar-refractivity contribution in [1.82, 2.24) is 15.8 Å². The summed E-state index contributed by atoms with van der Waals surface area (Å²) in [6.45, 7) is 1.86. The number of carbonyl (C=O) groups is 2. The normalized spacial score (nSPS) is 10.5. The Morgan fingerprint density at radius 1 is 1.26 bits per heavy atom. The van der Waals surface area contributed by atoms with Crippen LogP contribution in [0.5, 0.6) is 0 Å². The van der Waals surface area contributed by atoms with E-state index in [9.17, 15) is 9.59 Å². The molecular weight excluding hydrogens is 246 g/mol. The third-order valence-electron chi connectivity index (χ3n) is 3.01. The SMILES string of the molecule is Cc1[nH]c2ccc(C(=O)NN)cc2c1CC(=O)NN. The van der Waals surface area contributed by atoms with Crippen LogP contribution in [0.15, 0.2) is 18.2 Å². The Morgan fingerprint density at radius 2 is 2.00 bits per heavy atom. The molecule has 2 amide bonds. The fourth-order valence-electron chi connectivity index (χ4n) is 2.05. The number of benzene rings is 1. The number of nitrogens with one attached hydrogen (secondary N) is 3. The first-order chi connectivity index (χ1) is 9.06. The maximum Gasteiger partial charge on any atom is 0.265 e. The van der Waals surface area contributed by atoms with E-state index < -0.39 is 0 Å². The molecule has 0 aliphatic carbocycles. The van der Waals surface area contributed by atoms with Crippen LogP contribution in [0, 0.1) is 6.92 Å². The first-order valence-corrected chi connectivity index (χ1v) is 5.68. The average Bonchev–Trinajstić information content (AvgIpc) is 2.73. The van der Waals surface area contributed by atoms with Crippen molar-refractivity contribution in [2.24, 2.45) is 11.7 Å². The van der Waals surface area contributed by atoms with Crippen molar-refractivity contribution in [1.29, 1.82) is 0 Å². The van der Waals surface area contributed by atoms with Crippen LogP contribution >= 0.6 is 0 Å². The Hall–Kier alpha value is -2.38. The first kappa shape index (κ1) is 13.1. The van der Waals surface area contributed by atoms with E-state index in [-0.39, 0.29) is 18.2 Å². The van der Waals surface area contributed by atoms with Crippen molar-refractivity contribution in [2.45, 2.75) is 13.3 Å². The van der Waals surface area contributed by atoms with Crippen molar-refractivity contribution in [3.8, 4) is 0 Å². The van der Waals surface area contributed by atoms with Gasteiger partial charge in [-0.05, 0) is 30.7 Å². The molecule has 0 saturated carbocycles. The minimum absolute atomic E-state index is 0.149. The van der Waals surface area contributed by atoms with Crippen molar-refractivity contribution in [3.05, 3.63) is 35.0 Å². The van der Waals surface area contributed by atoms with Gasteiger partial charge in [-0.3, -0.25) is 20.4 Å². The number of hydrogen-bond donors (Lipinski definition) is 5. The van der Waals surface area contributed by atoms with Gasteiger partial charge in [0.05, 0.1) is 6.42 Å². The van der Waals surface area contributed by atoms with E-state index in [2.05, 4.69) is 15.8 Å². The summed E-state index contributed by atoms with van der Waals surface area (Å²) in [7, 11) is 0. The molecule has 7 heteroatoms. The van der Waals surface area contributed by atoms with E-state index in [4.69, 9.17) is 11.7 Å². The molecule has 100 valence electrons. The van der Waals surface area contributed by atoms with Gasteiger partial charge in [-0.1, -0.05) is 0 Å². The maximum absolute atomic E-state index is 11.5. The summed E-state index contributed by atoms with van der Waals surface area (Å²) in [6.07, 6.45) is 0.149. The first-order valence-electron chi connectivity index (χ1n) is 5.68. The van der Waals surface area contributed by atoms with Gasteiger partial charge in [0, 0.05) is 22.2 Å². The number of rotatable bonds is 3. The zero-order chi connectivity index (χ0) is 14.0. The Morgan fingerprint density at radius 3 is 2.63 bits per heavy atom. The number of carbonyl (C=O) groups excluding carboxylic acids is 2. The van der Waals surface area contributed by atoms with Crippen molar-refractivity contribution < 1.29 is 9.59 Å². The lowest BCUT2D eigenvalue weighted by Gasteiger charge is -2.02. The average molecular weight is 261 g/mol. The Balaban J connectivity index is 2.53. The summed E-state index contributed by atoms with van der Waals surface area (Å²) in [4.78, 5) is 26.1. The molecule has 0 aliphatic heterocycles. The largest absolute Gasteiger partial charge is 0.358 e. The summed E-state index contributed by atoms with van der Waals surface area (Å²) >= 11 is 0. The summed E-state index contributed by atoms with van der Waals surface area (Å²) in [6, 6.07) is 5.13. The standard InChI is InChI=1S/C12H15N5O2/c1-6-8(5-11(18)16-13)9-4-7(12(19)17-14)2-3-10(9)15-6/h2-4,15H,5,13-14H2,1H3,(H,16,18)(H,17,19). The molecule has 0 radical (unpaired) electrons. The molecular formula is C12H15N5O2. The van der Waals surface area contributed by atoms with Gasteiger partial charge in [0.1, 0.15) is 0 Å². The van der Waals surface area contributed by atoms with Crippen LogP contribution in [0.3, 0.4) is 0 Å². The molecule has 2 aromatic rings. The number of nitrogen functional groups attached to an aromatic ring is 1. The van der Waals surface area contributed by atoms with Crippen LogP contribution < -0.4 is 22.5 Å². The number of nitrogens with two attached hydrogens (primary N) is 2. The molecule has 0 bridgehead atoms. The lowest BCUT2D eigenvalue weighted by molar-refractivity contribution is -0.120. The summed E-state index contributed by atoms with van der Waals surface area (Å²) in [5, 5.41) is 0.808. The number of hydrogen-bond acceptors (Lipinski definition) is 4. The molecule has 1 aromatic carbocycles. The predicted molar refractivity (Wildman–Crippen MR) is 70.7 cm³/mol. The van der Waals surface area contributed by atoms with Crippen LogP contribution in [0.1, 0.15) is 21.6 Å². The van der Waals surface area contributed by atoms with Gasteiger partial charge in [0.25, 0.3) is 5.91 Å². The number of hydrazine groups is 2. The second-order valence-corrected chi connectivity index (χ2v) is 4.21. The van der Waals surface area contributed by atoms with E-state index in [1.54, 1.807) is 18.2 Å². The van der Waals surface area contributed by atoms with Crippen molar-refractivity contribution in [2.75, 3.05) is 0 Å². The van der Waals surface area contributed by atoms with Gasteiger partial charge >= 0.3 is 0 Å². The molecule has 0 aliphatic rings. The van der Waals surface area contributed by atoms with Gasteiger partial charge in [-0.15, -0.1) is 0 Å². The monoisotopic (exact) mass is 261 g/mol. The molecule has 1 heterocycles. The molecule has 0 spiro atoms. The highest BCUT2D eigenvalue weighted by molar-refractivity contribution is 5.99. The zero-order valence-electron chi connectivity index (χ0n) is 10.4. The molecule has 0 unspecified atom stereocenters.